The minimum atomic E-state index is -1.05. The van der Waals surface area contributed by atoms with E-state index < -0.39 is 12.0 Å². The van der Waals surface area contributed by atoms with Crippen molar-refractivity contribution in [3.05, 3.63) is 11.7 Å². The van der Waals surface area contributed by atoms with Crippen LogP contribution in [0.4, 0.5) is 0 Å². The highest BCUT2D eigenvalue weighted by Crippen LogP contribution is 2.21. The van der Waals surface area contributed by atoms with Gasteiger partial charge in [0.2, 0.25) is 17.7 Å². The summed E-state index contributed by atoms with van der Waals surface area (Å²) in [5.74, 6) is 0.418. The maximum atomic E-state index is 12.1. The molecule has 1 rings (SSSR count). The zero-order valence-corrected chi connectivity index (χ0v) is 20.2. The molecule has 0 aromatic carbocycles. The lowest BCUT2D eigenvalue weighted by molar-refractivity contribution is -0.141. The molecule has 3 N–H and O–H groups in total. The first-order valence-electron chi connectivity index (χ1n) is 10.4. The van der Waals surface area contributed by atoms with Crippen LogP contribution in [0.25, 0.3) is 0 Å². The van der Waals surface area contributed by atoms with Crippen LogP contribution in [0.1, 0.15) is 66.1 Å². The third-order valence-corrected chi connectivity index (χ3v) is 5.53. The third kappa shape index (κ3) is 13.0. The van der Waals surface area contributed by atoms with Crippen LogP contribution in [0.3, 0.4) is 0 Å². The van der Waals surface area contributed by atoms with Crippen molar-refractivity contribution in [2.24, 2.45) is 10.8 Å². The Kier molecular flexibility index (Phi) is 10.5. The molecule has 0 saturated carbocycles. The molecule has 0 radical (unpaired) electrons. The number of hydrogen-bond acceptors (Lipinski definition) is 7. The van der Waals surface area contributed by atoms with Gasteiger partial charge in [0.1, 0.15) is 6.04 Å². The Morgan fingerprint density at radius 1 is 1.06 bits per heavy atom. The first-order chi connectivity index (χ1) is 14.2. The summed E-state index contributed by atoms with van der Waals surface area (Å²) in [5, 5.41) is 18.5. The Morgan fingerprint density at radius 3 is 2.32 bits per heavy atom. The second kappa shape index (κ2) is 12.1. The van der Waals surface area contributed by atoms with Gasteiger partial charge in [-0.15, -0.1) is 0 Å². The molecular formula is C21H36N4O5S. The van der Waals surface area contributed by atoms with E-state index in [2.05, 4.69) is 41.5 Å². The van der Waals surface area contributed by atoms with Gasteiger partial charge in [0.05, 0.1) is 0 Å². The van der Waals surface area contributed by atoms with E-state index in [1.807, 2.05) is 20.8 Å². The fourth-order valence-corrected chi connectivity index (χ4v) is 3.69. The minimum absolute atomic E-state index is 0.0300. The average Bonchev–Trinajstić information content (AvgIpc) is 3.04. The summed E-state index contributed by atoms with van der Waals surface area (Å²) in [7, 11) is 0. The molecule has 0 unspecified atom stereocenters. The first-order valence-corrected chi connectivity index (χ1v) is 11.6. The van der Waals surface area contributed by atoms with Gasteiger partial charge in [0.15, 0.2) is 5.82 Å². The van der Waals surface area contributed by atoms with Crippen molar-refractivity contribution in [3.8, 4) is 0 Å². The summed E-state index contributed by atoms with van der Waals surface area (Å²) in [6, 6.07) is -0.933. The fourth-order valence-electron chi connectivity index (χ4n) is 2.50. The molecule has 0 fully saturated rings. The van der Waals surface area contributed by atoms with Gasteiger partial charge in [0.25, 0.3) is 0 Å². The number of hydrogen-bond donors (Lipinski definition) is 3. The Bertz CT molecular complexity index is 737. The Morgan fingerprint density at radius 2 is 1.74 bits per heavy atom. The van der Waals surface area contributed by atoms with E-state index in [0.29, 0.717) is 36.9 Å². The molecule has 0 bridgehead atoms. The lowest BCUT2D eigenvalue weighted by Crippen LogP contribution is -2.43. The highest BCUT2D eigenvalue weighted by Gasteiger charge is 2.22. The molecule has 0 aliphatic rings. The second-order valence-electron chi connectivity index (χ2n) is 9.98. The topological polar surface area (TPSA) is 134 Å². The van der Waals surface area contributed by atoms with Gasteiger partial charge in [-0.05, 0) is 16.6 Å². The molecule has 0 saturated heterocycles. The maximum absolute atomic E-state index is 12.1. The summed E-state index contributed by atoms with van der Waals surface area (Å²) in [6.07, 6.45) is 1.15. The quantitative estimate of drug-likeness (QED) is 0.436. The molecule has 1 aromatic heterocycles. The molecule has 10 heteroatoms. The number of aryl methyl sites for hydroxylation is 1. The lowest BCUT2D eigenvalue weighted by Gasteiger charge is -2.19. The Hall–Kier alpha value is -2.10. The number of carbonyl (C=O) groups is 3. The highest BCUT2D eigenvalue weighted by atomic mass is 32.2. The van der Waals surface area contributed by atoms with E-state index in [9.17, 15) is 19.5 Å². The van der Waals surface area contributed by atoms with Gasteiger partial charge in [-0.1, -0.05) is 46.7 Å². The third-order valence-electron chi connectivity index (χ3n) is 3.89. The van der Waals surface area contributed by atoms with E-state index in [-0.39, 0.29) is 35.5 Å². The van der Waals surface area contributed by atoms with Crippen LogP contribution in [-0.2, 0) is 27.2 Å². The number of aromatic nitrogens is 2. The molecule has 1 heterocycles. The number of carboxylic acid groups (broad SMARTS) is 1. The van der Waals surface area contributed by atoms with Crippen molar-refractivity contribution < 1.29 is 24.0 Å². The molecule has 0 spiro atoms. The van der Waals surface area contributed by atoms with E-state index in [4.69, 9.17) is 4.52 Å². The normalized spacial score (nSPS) is 13.0. The molecule has 0 aliphatic heterocycles. The van der Waals surface area contributed by atoms with Crippen LogP contribution in [-0.4, -0.2) is 57.1 Å². The predicted octanol–water partition coefficient (Wildman–Crippen LogP) is 2.45. The van der Waals surface area contributed by atoms with Crippen molar-refractivity contribution in [2.75, 3.05) is 18.1 Å². The number of aliphatic carboxylic acids is 1. The van der Waals surface area contributed by atoms with Gasteiger partial charge in [0, 0.05) is 38.0 Å². The molecule has 1 atom stereocenters. The highest BCUT2D eigenvalue weighted by molar-refractivity contribution is 7.99. The van der Waals surface area contributed by atoms with E-state index >= 15 is 0 Å². The minimum Gasteiger partial charge on any atom is -0.480 e. The zero-order valence-electron chi connectivity index (χ0n) is 19.4. The average molecular weight is 457 g/mol. The standard InChI is InChI=1S/C21H36N4O5S/c1-20(2,3)11-17(27)22-10-9-18-24-15(25-30-18)7-8-16(26)23-14(19(28)29)12-31-13-21(4,5)6/h14H,7-13H2,1-6H3,(H,22,27)(H,23,26)(H,28,29)/t14-/m0/s1. The van der Waals surface area contributed by atoms with Crippen LogP contribution < -0.4 is 10.6 Å². The zero-order chi connectivity index (χ0) is 23.7. The van der Waals surface area contributed by atoms with Crippen molar-refractivity contribution in [1.82, 2.24) is 20.8 Å². The van der Waals surface area contributed by atoms with Gasteiger partial charge >= 0.3 is 5.97 Å². The van der Waals surface area contributed by atoms with Crippen LogP contribution in [0, 0.1) is 10.8 Å². The SMILES string of the molecule is CC(C)(C)CSC[C@H](NC(=O)CCc1noc(CCNC(=O)CC(C)(C)C)n1)C(=O)O. The Balaban J connectivity index is 2.37. The smallest absolute Gasteiger partial charge is 0.327 e. The number of carboxylic acids is 1. The van der Waals surface area contributed by atoms with Crippen molar-refractivity contribution in [2.45, 2.75) is 73.3 Å². The molecule has 2 amide bonds. The number of carbonyl (C=O) groups excluding carboxylic acids is 2. The Labute approximate surface area is 188 Å². The molecule has 1 aromatic rings. The summed E-state index contributed by atoms with van der Waals surface area (Å²) in [5.41, 5.74) is 0.0106. The molecular weight excluding hydrogens is 420 g/mol. The fraction of sp³-hybridized carbons (Fsp3) is 0.762. The number of nitrogens with one attached hydrogen (secondary N) is 2. The van der Waals surface area contributed by atoms with Gasteiger partial charge in [-0.25, -0.2) is 4.79 Å². The maximum Gasteiger partial charge on any atom is 0.327 e. The van der Waals surface area contributed by atoms with E-state index in [1.165, 1.54) is 11.8 Å². The summed E-state index contributed by atoms with van der Waals surface area (Å²) in [4.78, 5) is 39.6. The predicted molar refractivity (Wildman–Crippen MR) is 120 cm³/mol. The van der Waals surface area contributed by atoms with Crippen molar-refractivity contribution in [1.29, 1.82) is 0 Å². The molecule has 31 heavy (non-hydrogen) atoms. The lowest BCUT2D eigenvalue weighted by atomic mass is 9.92. The van der Waals surface area contributed by atoms with Crippen molar-refractivity contribution in [3.63, 3.8) is 0 Å². The summed E-state index contributed by atoms with van der Waals surface area (Å²) < 4.78 is 5.14. The monoisotopic (exact) mass is 456 g/mol. The van der Waals surface area contributed by atoms with Crippen LogP contribution in [0.5, 0.6) is 0 Å². The molecule has 176 valence electrons. The largest absolute Gasteiger partial charge is 0.480 e. The summed E-state index contributed by atoms with van der Waals surface area (Å²) in [6.45, 7) is 12.6. The molecule has 0 aliphatic carbocycles. The number of rotatable bonds is 12. The van der Waals surface area contributed by atoms with E-state index in [0.717, 1.165) is 5.75 Å². The van der Waals surface area contributed by atoms with Gasteiger partial charge in [-0.3, -0.25) is 9.59 Å². The first kappa shape index (κ1) is 26.9. The van der Waals surface area contributed by atoms with E-state index in [1.54, 1.807) is 0 Å². The van der Waals surface area contributed by atoms with Crippen LogP contribution in [0.15, 0.2) is 4.52 Å². The van der Waals surface area contributed by atoms with Gasteiger partial charge in [-0.2, -0.15) is 16.7 Å². The number of amides is 2. The van der Waals surface area contributed by atoms with Crippen molar-refractivity contribution >= 4 is 29.5 Å². The molecule has 9 nitrogen and oxygen atoms in total. The van der Waals surface area contributed by atoms with Crippen LogP contribution >= 0.6 is 11.8 Å². The second-order valence-corrected chi connectivity index (χ2v) is 11.0. The number of nitrogens with zero attached hydrogens (tertiary/aromatic N) is 2. The number of thioether (sulfide) groups is 1. The van der Waals surface area contributed by atoms with Crippen LogP contribution in [0.2, 0.25) is 0 Å². The van der Waals surface area contributed by atoms with Gasteiger partial charge < -0.3 is 20.3 Å². The summed E-state index contributed by atoms with van der Waals surface area (Å²) >= 11 is 1.50.